The number of nitrogens with zero attached hydrogens (tertiary/aromatic N) is 6. The number of hydrogen-bond acceptors (Lipinski definition) is 11. The number of amidine groups is 1. The maximum absolute atomic E-state index is 13.2. The predicted molar refractivity (Wildman–Crippen MR) is 161 cm³/mol. The number of anilines is 2. The molecule has 0 unspecified atom stereocenters. The lowest BCUT2D eigenvalue weighted by Gasteiger charge is -2.31. The van der Waals surface area contributed by atoms with Gasteiger partial charge in [0.25, 0.3) is 0 Å². The van der Waals surface area contributed by atoms with Crippen LogP contribution in [0.2, 0.25) is 0 Å². The minimum Gasteiger partial charge on any atom is -0.379 e. The van der Waals surface area contributed by atoms with E-state index in [0.717, 1.165) is 24.4 Å². The summed E-state index contributed by atoms with van der Waals surface area (Å²) >= 11 is 0. The standard InChI is InChI=1S/C28H39N9O4S/c1-21(36-13-17-41-18-14-36)33-26(22-19-31-28(30)32-20-22)25-7-8-37(27(25)29)23-3-5-24(6-4-23)42(38,39)34(2)9-10-35-11-15-40-16-12-35/h3-6,19-20,29,33H,1,7-18H2,2H3,(H2,30,31,32). The lowest BCUT2D eigenvalue weighted by molar-refractivity contribution is 0.0368. The minimum absolute atomic E-state index is 0.167. The molecule has 2 aromatic rings. The molecule has 0 radical (unpaired) electrons. The van der Waals surface area contributed by atoms with Gasteiger partial charge in [-0.25, -0.2) is 18.4 Å². The van der Waals surface area contributed by atoms with Crippen LogP contribution in [0.25, 0.3) is 5.70 Å². The molecule has 0 amide bonds. The number of morpholine rings is 2. The van der Waals surface area contributed by atoms with Crippen molar-refractivity contribution in [1.82, 2.24) is 29.4 Å². The second-order valence-electron chi connectivity index (χ2n) is 10.4. The fraction of sp³-hybridized carbons (Fsp3) is 0.464. The van der Waals surface area contributed by atoms with E-state index in [0.29, 0.717) is 88.5 Å². The number of hydrogen-bond donors (Lipinski definition) is 3. The van der Waals surface area contributed by atoms with E-state index in [1.165, 1.54) is 4.31 Å². The van der Waals surface area contributed by atoms with Crippen LogP contribution >= 0.6 is 0 Å². The minimum atomic E-state index is -3.65. The highest BCUT2D eigenvalue weighted by molar-refractivity contribution is 7.89. The number of nitrogens with one attached hydrogen (secondary N) is 2. The molecule has 14 heteroatoms. The van der Waals surface area contributed by atoms with E-state index in [4.69, 9.17) is 20.6 Å². The first-order valence-electron chi connectivity index (χ1n) is 14.1. The second kappa shape index (κ2) is 13.2. The molecule has 1 aromatic heterocycles. The molecule has 3 aliphatic heterocycles. The van der Waals surface area contributed by atoms with Crippen molar-refractivity contribution in [3.05, 3.63) is 60.2 Å². The molecule has 5 rings (SSSR count). The Morgan fingerprint density at radius 3 is 2.31 bits per heavy atom. The molecule has 0 spiro atoms. The van der Waals surface area contributed by atoms with Crippen molar-refractivity contribution in [2.45, 2.75) is 11.3 Å². The van der Waals surface area contributed by atoms with Gasteiger partial charge in [-0.05, 0) is 30.7 Å². The van der Waals surface area contributed by atoms with Gasteiger partial charge in [0.15, 0.2) is 0 Å². The van der Waals surface area contributed by atoms with Gasteiger partial charge in [0, 0.05) is 82.1 Å². The lowest BCUT2D eigenvalue weighted by Crippen LogP contribution is -2.41. The van der Waals surface area contributed by atoms with E-state index in [2.05, 4.69) is 31.7 Å². The highest BCUT2D eigenvalue weighted by atomic mass is 32.2. The molecule has 226 valence electrons. The van der Waals surface area contributed by atoms with Gasteiger partial charge in [0.1, 0.15) is 5.84 Å². The normalized spacial score (nSPS) is 19.8. The number of likely N-dealkylation sites (N-methyl/N-ethyl adjacent to an activating group) is 1. The Hall–Kier alpha value is -3.56. The van der Waals surface area contributed by atoms with E-state index in [1.54, 1.807) is 43.7 Å². The highest BCUT2D eigenvalue weighted by Crippen LogP contribution is 2.31. The Morgan fingerprint density at radius 2 is 1.67 bits per heavy atom. The molecule has 0 bridgehead atoms. The summed E-state index contributed by atoms with van der Waals surface area (Å²) in [6.45, 7) is 11.5. The Kier molecular flexibility index (Phi) is 9.38. The predicted octanol–water partition coefficient (Wildman–Crippen LogP) is 1.00. The molecule has 3 aliphatic rings. The molecular formula is C28H39N9O4S. The summed E-state index contributed by atoms with van der Waals surface area (Å²) < 4.78 is 38.7. The van der Waals surface area contributed by atoms with Crippen LogP contribution in [-0.2, 0) is 19.5 Å². The second-order valence-corrected chi connectivity index (χ2v) is 12.4. The van der Waals surface area contributed by atoms with E-state index >= 15 is 0 Å². The summed E-state index contributed by atoms with van der Waals surface area (Å²) in [6, 6.07) is 6.73. The van der Waals surface area contributed by atoms with Crippen LogP contribution < -0.4 is 16.0 Å². The third-order valence-electron chi connectivity index (χ3n) is 7.76. The van der Waals surface area contributed by atoms with Crippen LogP contribution in [0, 0.1) is 5.41 Å². The smallest absolute Gasteiger partial charge is 0.242 e. The molecule has 3 fully saturated rings. The summed E-state index contributed by atoms with van der Waals surface area (Å²) in [5, 5.41) is 12.5. The van der Waals surface area contributed by atoms with Gasteiger partial charge in [0.05, 0.1) is 42.8 Å². The topological polar surface area (TPSA) is 153 Å². The molecule has 1 aromatic carbocycles. The van der Waals surface area contributed by atoms with Crippen molar-refractivity contribution in [2.75, 3.05) is 89.9 Å². The molecule has 0 aliphatic carbocycles. The molecule has 0 atom stereocenters. The first kappa shape index (κ1) is 29.9. The molecule has 13 nitrogen and oxygen atoms in total. The Labute approximate surface area is 247 Å². The number of ether oxygens (including phenoxy) is 2. The molecular weight excluding hydrogens is 558 g/mol. The Balaban J connectivity index is 1.32. The average molecular weight is 598 g/mol. The number of nitrogen functional groups attached to an aromatic ring is 1. The van der Waals surface area contributed by atoms with Gasteiger partial charge in [-0.1, -0.05) is 6.58 Å². The largest absolute Gasteiger partial charge is 0.379 e. The van der Waals surface area contributed by atoms with Gasteiger partial charge in [-0.3, -0.25) is 10.3 Å². The number of benzene rings is 1. The lowest BCUT2D eigenvalue weighted by atomic mass is 10.1. The zero-order valence-corrected chi connectivity index (χ0v) is 24.8. The Bertz CT molecular complexity index is 1400. The van der Waals surface area contributed by atoms with Crippen LogP contribution in [0.15, 0.2) is 59.5 Å². The van der Waals surface area contributed by atoms with Crippen LogP contribution in [0.1, 0.15) is 12.0 Å². The van der Waals surface area contributed by atoms with Crippen molar-refractivity contribution >= 4 is 33.2 Å². The fourth-order valence-electron chi connectivity index (χ4n) is 5.17. The zero-order chi connectivity index (χ0) is 29.7. The van der Waals surface area contributed by atoms with Crippen molar-refractivity contribution in [1.29, 1.82) is 5.41 Å². The first-order valence-corrected chi connectivity index (χ1v) is 15.5. The summed E-state index contributed by atoms with van der Waals surface area (Å²) in [6.07, 6.45) is 3.86. The van der Waals surface area contributed by atoms with Crippen LogP contribution in [0.4, 0.5) is 11.6 Å². The van der Waals surface area contributed by atoms with E-state index in [-0.39, 0.29) is 10.8 Å². The molecule has 3 saturated heterocycles. The fourth-order valence-corrected chi connectivity index (χ4v) is 6.33. The Morgan fingerprint density at radius 1 is 1.05 bits per heavy atom. The number of rotatable bonds is 10. The van der Waals surface area contributed by atoms with Crippen molar-refractivity contribution < 1.29 is 17.9 Å². The SMILES string of the molecule is C=C(NC(=C1CCN(c2ccc(S(=O)(=O)N(C)CCN3CCOCC3)cc2)C1=N)c1cnc(N)nc1)N1CCOCC1. The maximum Gasteiger partial charge on any atom is 0.242 e. The monoisotopic (exact) mass is 597 g/mol. The van der Waals surface area contributed by atoms with Crippen LogP contribution in [0.5, 0.6) is 0 Å². The van der Waals surface area contributed by atoms with Crippen LogP contribution in [-0.4, -0.2) is 118 Å². The molecule has 4 N–H and O–H groups in total. The summed E-state index contributed by atoms with van der Waals surface area (Å²) in [7, 11) is -2.04. The van der Waals surface area contributed by atoms with Gasteiger partial charge in [-0.2, -0.15) is 4.31 Å². The van der Waals surface area contributed by atoms with Crippen molar-refractivity contribution in [3.63, 3.8) is 0 Å². The van der Waals surface area contributed by atoms with E-state index < -0.39 is 10.0 Å². The highest BCUT2D eigenvalue weighted by Gasteiger charge is 2.29. The van der Waals surface area contributed by atoms with Gasteiger partial charge in [0.2, 0.25) is 16.0 Å². The van der Waals surface area contributed by atoms with E-state index in [1.807, 2.05) is 4.90 Å². The summed E-state index contributed by atoms with van der Waals surface area (Å²) in [5.41, 5.74) is 8.64. The third-order valence-corrected chi connectivity index (χ3v) is 9.63. The average Bonchev–Trinajstić information content (AvgIpc) is 3.40. The summed E-state index contributed by atoms with van der Waals surface area (Å²) in [4.78, 5) is 14.7. The molecule has 42 heavy (non-hydrogen) atoms. The van der Waals surface area contributed by atoms with Gasteiger partial charge < -0.3 is 30.3 Å². The van der Waals surface area contributed by atoms with E-state index in [9.17, 15) is 8.42 Å². The number of sulfonamides is 1. The molecule has 4 heterocycles. The van der Waals surface area contributed by atoms with Gasteiger partial charge in [-0.15, -0.1) is 0 Å². The van der Waals surface area contributed by atoms with Gasteiger partial charge >= 0.3 is 0 Å². The zero-order valence-electron chi connectivity index (χ0n) is 24.0. The maximum atomic E-state index is 13.2. The third kappa shape index (κ3) is 6.73. The summed E-state index contributed by atoms with van der Waals surface area (Å²) in [5.74, 6) is 1.18. The van der Waals surface area contributed by atoms with Crippen molar-refractivity contribution in [2.24, 2.45) is 0 Å². The quantitative estimate of drug-likeness (QED) is 0.360. The number of aromatic nitrogens is 2. The van der Waals surface area contributed by atoms with Crippen molar-refractivity contribution in [3.8, 4) is 0 Å². The number of nitrogens with two attached hydrogens (primary N) is 1. The first-order chi connectivity index (χ1) is 20.2. The van der Waals surface area contributed by atoms with Crippen LogP contribution in [0.3, 0.4) is 0 Å². The molecule has 0 saturated carbocycles.